The molecule has 2 fully saturated rings. The number of aryl methyl sites for hydroxylation is 1. The highest BCUT2D eigenvalue weighted by Gasteiger charge is 2.57. The van der Waals surface area contributed by atoms with Gasteiger partial charge in [0.05, 0.1) is 0 Å². The summed E-state index contributed by atoms with van der Waals surface area (Å²) in [6.45, 7) is 6.36. The summed E-state index contributed by atoms with van der Waals surface area (Å²) in [5.74, 6) is 2.45. The summed E-state index contributed by atoms with van der Waals surface area (Å²) in [5.41, 5.74) is 7.23. The van der Waals surface area contributed by atoms with E-state index in [-0.39, 0.29) is 11.3 Å². The Labute approximate surface area is 174 Å². The van der Waals surface area contributed by atoms with Gasteiger partial charge in [-0.2, -0.15) is 0 Å². The van der Waals surface area contributed by atoms with Crippen molar-refractivity contribution in [2.24, 2.45) is 23.2 Å². The standard InChI is InChI=1S/C27H32O2/c1-16-4-6-18(7-5-16)23-15-27(3)24(17(2)28)12-13-25(27)22-10-8-19-14-20(29)9-11-21(19)26(22)23/h4-7,14,22-25H,8-13,15H2,1-3H3. The molecule has 0 N–H and O–H groups in total. The second-order valence-electron chi connectivity index (χ2n) is 10.2. The summed E-state index contributed by atoms with van der Waals surface area (Å²) in [7, 11) is 0. The van der Waals surface area contributed by atoms with Crippen LogP contribution in [0.3, 0.4) is 0 Å². The zero-order valence-electron chi connectivity index (χ0n) is 18.0. The Bertz CT molecular complexity index is 932. The molecule has 152 valence electrons. The maximum Gasteiger partial charge on any atom is 0.156 e. The van der Waals surface area contributed by atoms with E-state index < -0.39 is 0 Å². The van der Waals surface area contributed by atoms with Crippen LogP contribution in [-0.2, 0) is 9.59 Å². The third kappa shape index (κ3) is 2.90. The SMILES string of the molecule is CC(=O)C1CCC2C3CCC4=CC(=O)CCC4=C3C(c3ccc(C)cc3)CC12C. The largest absolute Gasteiger partial charge is 0.300 e. The van der Waals surface area contributed by atoms with Crippen molar-refractivity contribution >= 4 is 11.6 Å². The van der Waals surface area contributed by atoms with E-state index in [0.29, 0.717) is 35.7 Å². The fourth-order valence-electron chi connectivity index (χ4n) is 7.42. The van der Waals surface area contributed by atoms with Crippen LogP contribution in [-0.4, -0.2) is 11.6 Å². The zero-order valence-corrected chi connectivity index (χ0v) is 18.0. The Hall–Kier alpha value is -1.96. The van der Waals surface area contributed by atoms with Crippen molar-refractivity contribution in [3.05, 3.63) is 58.2 Å². The normalized spacial score (nSPS) is 36.2. The number of carbonyl (C=O) groups is 2. The third-order valence-corrected chi connectivity index (χ3v) is 8.70. The van der Waals surface area contributed by atoms with Gasteiger partial charge in [-0.3, -0.25) is 9.59 Å². The second kappa shape index (κ2) is 6.79. The minimum atomic E-state index is 0.0990. The number of allylic oxidation sites excluding steroid dienone is 4. The van der Waals surface area contributed by atoms with Crippen molar-refractivity contribution in [3.63, 3.8) is 0 Å². The Balaban J connectivity index is 1.67. The first-order valence-electron chi connectivity index (χ1n) is 11.4. The first-order chi connectivity index (χ1) is 13.9. The summed E-state index contributed by atoms with van der Waals surface area (Å²) in [5, 5.41) is 0. The van der Waals surface area contributed by atoms with E-state index in [4.69, 9.17) is 0 Å². The Morgan fingerprint density at radius 3 is 2.52 bits per heavy atom. The summed E-state index contributed by atoms with van der Waals surface area (Å²) >= 11 is 0. The molecule has 0 aromatic heterocycles. The first-order valence-corrected chi connectivity index (χ1v) is 11.4. The molecule has 4 aliphatic rings. The third-order valence-electron chi connectivity index (χ3n) is 8.70. The molecule has 0 spiro atoms. The van der Waals surface area contributed by atoms with Gasteiger partial charge in [0.2, 0.25) is 0 Å². The maximum atomic E-state index is 12.6. The van der Waals surface area contributed by atoms with Crippen molar-refractivity contribution in [3.8, 4) is 0 Å². The summed E-state index contributed by atoms with van der Waals surface area (Å²) < 4.78 is 0. The molecule has 2 nitrogen and oxygen atoms in total. The van der Waals surface area contributed by atoms with Gasteiger partial charge in [-0.05, 0) is 92.4 Å². The van der Waals surface area contributed by atoms with Crippen LogP contribution in [0.2, 0.25) is 0 Å². The van der Waals surface area contributed by atoms with Crippen molar-refractivity contribution in [2.75, 3.05) is 0 Å². The van der Waals surface area contributed by atoms with Gasteiger partial charge in [0.1, 0.15) is 5.78 Å². The zero-order chi connectivity index (χ0) is 20.3. The molecule has 2 saturated carbocycles. The Kier molecular flexibility index (Phi) is 4.46. The van der Waals surface area contributed by atoms with Crippen LogP contribution in [0.4, 0.5) is 0 Å². The molecule has 1 aromatic rings. The predicted octanol–water partition coefficient (Wildman–Crippen LogP) is 6.10. The fourth-order valence-corrected chi connectivity index (χ4v) is 7.42. The van der Waals surface area contributed by atoms with Crippen LogP contribution in [0, 0.1) is 30.1 Å². The molecule has 1 aromatic carbocycles. The minimum absolute atomic E-state index is 0.0990. The van der Waals surface area contributed by atoms with Gasteiger partial charge < -0.3 is 0 Å². The molecule has 0 heterocycles. The lowest BCUT2D eigenvalue weighted by molar-refractivity contribution is -0.125. The molecule has 0 radical (unpaired) electrons. The molecule has 29 heavy (non-hydrogen) atoms. The molecule has 2 heteroatoms. The number of carbonyl (C=O) groups excluding carboxylic acids is 2. The Morgan fingerprint density at radius 2 is 1.79 bits per heavy atom. The van der Waals surface area contributed by atoms with E-state index in [9.17, 15) is 9.59 Å². The molecule has 0 aliphatic heterocycles. The van der Waals surface area contributed by atoms with Gasteiger partial charge in [-0.1, -0.05) is 42.3 Å². The molecule has 5 unspecified atom stereocenters. The van der Waals surface area contributed by atoms with Crippen molar-refractivity contribution in [1.82, 2.24) is 0 Å². The van der Waals surface area contributed by atoms with Crippen molar-refractivity contribution in [1.29, 1.82) is 0 Å². The molecule has 5 atom stereocenters. The lowest BCUT2D eigenvalue weighted by Gasteiger charge is -2.52. The summed E-state index contributed by atoms with van der Waals surface area (Å²) in [6.07, 6.45) is 9.00. The van der Waals surface area contributed by atoms with Gasteiger partial charge in [-0.15, -0.1) is 0 Å². The van der Waals surface area contributed by atoms with E-state index in [1.165, 1.54) is 28.7 Å². The van der Waals surface area contributed by atoms with Gasteiger partial charge in [0, 0.05) is 18.3 Å². The van der Waals surface area contributed by atoms with Gasteiger partial charge in [0.25, 0.3) is 0 Å². The molecule has 0 saturated heterocycles. The average Bonchev–Trinajstić information content (AvgIpc) is 3.04. The number of fused-ring (bicyclic) bond motifs is 4. The lowest BCUT2D eigenvalue weighted by Crippen LogP contribution is -2.44. The van der Waals surface area contributed by atoms with Crippen LogP contribution in [0.5, 0.6) is 0 Å². The van der Waals surface area contributed by atoms with Crippen molar-refractivity contribution < 1.29 is 9.59 Å². The highest BCUT2D eigenvalue weighted by atomic mass is 16.1. The summed E-state index contributed by atoms with van der Waals surface area (Å²) in [4.78, 5) is 24.6. The fraction of sp³-hybridized carbons (Fsp3) is 0.556. The number of Topliss-reactive ketones (excluding diaryl/α,β-unsaturated/α-hetero) is 1. The lowest BCUT2D eigenvalue weighted by atomic mass is 9.51. The monoisotopic (exact) mass is 388 g/mol. The topological polar surface area (TPSA) is 34.1 Å². The number of benzene rings is 1. The number of rotatable bonds is 2. The van der Waals surface area contributed by atoms with Gasteiger partial charge in [-0.25, -0.2) is 0 Å². The Morgan fingerprint density at radius 1 is 1.03 bits per heavy atom. The van der Waals surface area contributed by atoms with Crippen LogP contribution in [0.1, 0.15) is 75.8 Å². The molecule has 4 aliphatic carbocycles. The first kappa shape index (κ1) is 19.0. The molecular weight excluding hydrogens is 356 g/mol. The van der Waals surface area contributed by atoms with E-state index in [1.54, 1.807) is 5.57 Å². The molecule has 0 bridgehead atoms. The molecular formula is C27H32O2. The van der Waals surface area contributed by atoms with Crippen LogP contribution >= 0.6 is 0 Å². The smallest absolute Gasteiger partial charge is 0.156 e. The van der Waals surface area contributed by atoms with Crippen molar-refractivity contribution in [2.45, 2.75) is 71.6 Å². The highest BCUT2D eigenvalue weighted by Crippen LogP contribution is 2.65. The summed E-state index contributed by atoms with van der Waals surface area (Å²) in [6, 6.07) is 9.06. The molecule has 5 rings (SSSR count). The quantitative estimate of drug-likeness (QED) is 0.613. The highest BCUT2D eigenvalue weighted by molar-refractivity contribution is 5.93. The van der Waals surface area contributed by atoms with Gasteiger partial charge in [0.15, 0.2) is 5.78 Å². The number of ketones is 2. The number of hydrogen-bond donors (Lipinski definition) is 0. The average molecular weight is 389 g/mol. The second-order valence-corrected chi connectivity index (χ2v) is 10.2. The minimum Gasteiger partial charge on any atom is -0.300 e. The predicted molar refractivity (Wildman–Crippen MR) is 116 cm³/mol. The maximum absolute atomic E-state index is 12.6. The number of hydrogen-bond acceptors (Lipinski definition) is 2. The molecule has 0 amide bonds. The van der Waals surface area contributed by atoms with Gasteiger partial charge >= 0.3 is 0 Å². The van der Waals surface area contributed by atoms with Crippen LogP contribution in [0.25, 0.3) is 0 Å². The van der Waals surface area contributed by atoms with E-state index in [2.05, 4.69) is 38.1 Å². The van der Waals surface area contributed by atoms with Crippen LogP contribution in [0.15, 0.2) is 47.1 Å². The van der Waals surface area contributed by atoms with E-state index >= 15 is 0 Å². The van der Waals surface area contributed by atoms with E-state index in [0.717, 1.165) is 32.1 Å². The van der Waals surface area contributed by atoms with E-state index in [1.807, 2.05) is 13.0 Å². The van der Waals surface area contributed by atoms with Crippen LogP contribution < -0.4 is 0 Å².